The van der Waals surface area contributed by atoms with E-state index in [4.69, 9.17) is 0 Å². The predicted octanol–water partition coefficient (Wildman–Crippen LogP) is 15.8. The molecule has 1 aliphatic carbocycles. The summed E-state index contributed by atoms with van der Waals surface area (Å²) >= 11 is 0. The van der Waals surface area contributed by atoms with Gasteiger partial charge in [-0.25, -0.2) is 0 Å². The van der Waals surface area contributed by atoms with Crippen molar-refractivity contribution in [2.45, 2.75) is 105 Å². The number of anilines is 3. The first-order valence-electron chi connectivity index (χ1n) is 26.5. The van der Waals surface area contributed by atoms with Crippen molar-refractivity contribution in [3.05, 3.63) is 197 Å². The van der Waals surface area contributed by atoms with Gasteiger partial charge in [-0.1, -0.05) is 173 Å². The van der Waals surface area contributed by atoms with Crippen molar-refractivity contribution in [3.8, 4) is 28.3 Å². The molecule has 8 aromatic carbocycles. The highest BCUT2D eigenvalue weighted by Crippen LogP contribution is 2.55. The molecule has 0 N–H and O–H groups in total. The number of hydrogen-bond donors (Lipinski definition) is 0. The molecule has 5 heterocycles. The monoisotopic (exact) mass is 947 g/mol. The average Bonchev–Trinajstić information content (AvgIpc) is 4.07. The molecule has 358 valence electrons. The van der Waals surface area contributed by atoms with Gasteiger partial charge in [0.1, 0.15) is 0 Å². The maximum atomic E-state index is 2.71. The molecule has 4 nitrogen and oxygen atoms in total. The molecular weight excluding hydrogens is 884 g/mol. The van der Waals surface area contributed by atoms with Gasteiger partial charge in [0.2, 0.25) is 0 Å². The number of aromatic nitrogens is 3. The first kappa shape index (κ1) is 44.2. The Morgan fingerprint density at radius 2 is 1.07 bits per heavy atom. The Hall–Kier alpha value is -7.50. The van der Waals surface area contributed by atoms with Crippen LogP contribution >= 0.6 is 0 Å². The van der Waals surface area contributed by atoms with Gasteiger partial charge in [-0.05, 0) is 140 Å². The van der Waals surface area contributed by atoms with Gasteiger partial charge in [-0.3, -0.25) is 0 Å². The van der Waals surface area contributed by atoms with E-state index in [1.165, 1.54) is 116 Å². The molecule has 73 heavy (non-hydrogen) atoms. The van der Waals surface area contributed by atoms with Crippen molar-refractivity contribution in [1.29, 1.82) is 0 Å². The van der Waals surface area contributed by atoms with Gasteiger partial charge in [0.05, 0.1) is 33.4 Å². The van der Waals surface area contributed by atoms with E-state index in [1.807, 2.05) is 0 Å². The van der Waals surface area contributed by atoms with Crippen LogP contribution < -0.4 is 21.3 Å². The lowest BCUT2D eigenvalue weighted by Crippen LogP contribution is -2.59. The van der Waals surface area contributed by atoms with Gasteiger partial charge in [0.15, 0.2) is 0 Å². The van der Waals surface area contributed by atoms with Crippen molar-refractivity contribution in [2.24, 2.45) is 0 Å². The highest BCUT2D eigenvalue weighted by atomic mass is 15.2. The highest BCUT2D eigenvalue weighted by molar-refractivity contribution is 7.00. The second-order valence-corrected chi connectivity index (χ2v) is 25.1. The van der Waals surface area contributed by atoms with Crippen molar-refractivity contribution in [2.75, 3.05) is 4.90 Å². The van der Waals surface area contributed by atoms with Gasteiger partial charge in [-0.2, -0.15) is 0 Å². The Morgan fingerprint density at radius 3 is 1.71 bits per heavy atom. The van der Waals surface area contributed by atoms with Crippen molar-refractivity contribution >= 4 is 83.9 Å². The molecule has 14 rings (SSSR count). The standard InChI is InChI=1S/C68H63BN4/c1-40-36-55-59-56(37-40)73-62-48-23-17-19-25-53(48)71(44-20-14-13-15-21-44)64(62)57-54(70(45-30-26-41(27-31-45)65(2,3)4)46-32-28-42(29-33-46)66(5,6)7)35-34-51(63(57)73)69(59)52-39-43(67(8,9)10)38-49-58-61(72(55)60(49)52)47-22-16-18-24-50(47)68(58,11)12/h13-39H,1-12H3. The minimum atomic E-state index is -0.179. The zero-order valence-corrected chi connectivity index (χ0v) is 44.5. The highest BCUT2D eigenvalue weighted by Gasteiger charge is 2.48. The lowest BCUT2D eigenvalue weighted by Gasteiger charge is -2.36. The Bertz CT molecular complexity index is 4100. The number of nitrogens with zero attached hydrogens (tertiary/aromatic N) is 4. The van der Waals surface area contributed by atoms with Crippen LogP contribution in [-0.4, -0.2) is 20.4 Å². The summed E-state index contributed by atoms with van der Waals surface area (Å²) in [5.74, 6) is 0. The summed E-state index contributed by atoms with van der Waals surface area (Å²) in [6, 6.07) is 63.2. The summed E-state index contributed by atoms with van der Waals surface area (Å²) in [6.45, 7) is 28.2. The fourth-order valence-electron chi connectivity index (χ4n) is 13.5. The van der Waals surface area contributed by atoms with Gasteiger partial charge in [0.25, 0.3) is 6.71 Å². The maximum absolute atomic E-state index is 2.71. The number of rotatable bonds is 4. The summed E-state index contributed by atoms with van der Waals surface area (Å²) < 4.78 is 7.97. The summed E-state index contributed by atoms with van der Waals surface area (Å²) in [5, 5.41) is 3.88. The zero-order chi connectivity index (χ0) is 50.4. The molecular formula is C68H63BN4. The maximum Gasteiger partial charge on any atom is 0.252 e. The fourth-order valence-corrected chi connectivity index (χ4v) is 13.5. The molecule has 0 spiro atoms. The number of hydrogen-bond acceptors (Lipinski definition) is 1. The van der Waals surface area contributed by atoms with E-state index in [0.29, 0.717) is 0 Å². The van der Waals surface area contributed by atoms with Gasteiger partial charge >= 0.3 is 0 Å². The van der Waals surface area contributed by atoms with Crippen LogP contribution in [0.15, 0.2) is 164 Å². The van der Waals surface area contributed by atoms with E-state index < -0.39 is 0 Å². The van der Waals surface area contributed by atoms with Crippen molar-refractivity contribution < 1.29 is 0 Å². The molecule has 0 saturated carbocycles. The number of aryl methyl sites for hydroxylation is 1. The summed E-state index contributed by atoms with van der Waals surface area (Å²) in [7, 11) is 0. The average molecular weight is 947 g/mol. The quantitative estimate of drug-likeness (QED) is 0.161. The third-order valence-corrected chi connectivity index (χ3v) is 17.1. The molecule has 5 heteroatoms. The minimum absolute atomic E-state index is 0.0126. The Morgan fingerprint density at radius 1 is 0.479 bits per heavy atom. The normalized spacial score (nSPS) is 14.4. The van der Waals surface area contributed by atoms with Crippen LogP contribution in [0, 0.1) is 6.92 Å². The molecule has 0 unspecified atom stereocenters. The molecule has 2 aliphatic heterocycles. The predicted molar refractivity (Wildman–Crippen MR) is 312 cm³/mol. The minimum Gasteiger partial charge on any atom is -0.310 e. The van der Waals surface area contributed by atoms with E-state index in [2.05, 4.69) is 265 Å². The third kappa shape index (κ3) is 5.97. The first-order chi connectivity index (χ1) is 34.8. The van der Waals surface area contributed by atoms with Gasteiger partial charge in [-0.15, -0.1) is 0 Å². The molecule has 3 aliphatic rings. The first-order valence-corrected chi connectivity index (χ1v) is 26.5. The molecule has 0 fully saturated rings. The summed E-state index contributed by atoms with van der Waals surface area (Å²) in [6.07, 6.45) is 0. The third-order valence-electron chi connectivity index (χ3n) is 17.1. The number of para-hydroxylation sites is 2. The van der Waals surface area contributed by atoms with E-state index in [-0.39, 0.29) is 28.4 Å². The molecule has 0 amide bonds. The molecule has 0 radical (unpaired) electrons. The molecule has 11 aromatic rings. The summed E-state index contributed by atoms with van der Waals surface area (Å²) in [4.78, 5) is 2.54. The van der Waals surface area contributed by atoms with Gasteiger partial charge < -0.3 is 18.6 Å². The van der Waals surface area contributed by atoms with E-state index in [1.54, 1.807) is 0 Å². The molecule has 3 aromatic heterocycles. The van der Waals surface area contributed by atoms with Crippen LogP contribution in [-0.2, 0) is 21.7 Å². The van der Waals surface area contributed by atoms with Crippen LogP contribution in [0.1, 0.15) is 110 Å². The SMILES string of the molecule is Cc1cc2c3c(c1)-n1c4c(ccc(N(c5ccc(C(C)(C)C)cc5)c5ccc(C(C)(C)C)cc5)c4c4c1c1ccccc1n4-c1ccccc1)B3c1cc(C(C)(C)C)cc3c4c(n-2c13)-c1ccccc1C4(C)C. The summed E-state index contributed by atoms with van der Waals surface area (Å²) in [5.41, 5.74) is 28.2. The molecule has 0 atom stereocenters. The van der Waals surface area contributed by atoms with Crippen molar-refractivity contribution in [1.82, 2.24) is 13.7 Å². The van der Waals surface area contributed by atoms with Crippen molar-refractivity contribution in [3.63, 3.8) is 0 Å². The van der Waals surface area contributed by atoms with Crippen LogP contribution in [0.3, 0.4) is 0 Å². The van der Waals surface area contributed by atoms with Crippen LogP contribution in [0.2, 0.25) is 0 Å². The lowest BCUT2D eigenvalue weighted by molar-refractivity contribution is 0.590. The van der Waals surface area contributed by atoms with Crippen LogP contribution in [0.4, 0.5) is 17.1 Å². The fraction of sp³-hybridized carbons (Fsp3) is 0.235. The Balaban J connectivity index is 1.18. The molecule has 0 saturated heterocycles. The second-order valence-electron chi connectivity index (χ2n) is 25.1. The van der Waals surface area contributed by atoms with E-state index >= 15 is 0 Å². The van der Waals surface area contributed by atoms with E-state index in [9.17, 15) is 0 Å². The zero-order valence-electron chi connectivity index (χ0n) is 44.5. The van der Waals surface area contributed by atoms with Crippen LogP contribution in [0.25, 0.3) is 72.1 Å². The number of benzene rings is 8. The smallest absolute Gasteiger partial charge is 0.252 e. The van der Waals surface area contributed by atoms with Crippen LogP contribution in [0.5, 0.6) is 0 Å². The topological polar surface area (TPSA) is 18.0 Å². The second kappa shape index (κ2) is 14.6. The largest absolute Gasteiger partial charge is 0.310 e. The number of fused-ring (bicyclic) bond motifs is 14. The van der Waals surface area contributed by atoms with Gasteiger partial charge in [0, 0.05) is 61.1 Å². The Labute approximate surface area is 430 Å². The molecule has 0 bridgehead atoms. The lowest BCUT2D eigenvalue weighted by atomic mass is 9.34. The van der Waals surface area contributed by atoms with E-state index in [0.717, 1.165) is 22.7 Å². The Kier molecular flexibility index (Phi) is 8.84.